The first-order valence-corrected chi connectivity index (χ1v) is 9.43. The Kier molecular flexibility index (Phi) is 3.73. The average Bonchev–Trinajstić information content (AvgIpc) is 3.04. The maximum atomic E-state index is 13.1. The number of fused-ring (bicyclic) bond motifs is 3. The summed E-state index contributed by atoms with van der Waals surface area (Å²) >= 11 is 7.17. The Labute approximate surface area is 149 Å². The van der Waals surface area contributed by atoms with Crippen molar-refractivity contribution >= 4 is 33.8 Å². The molecule has 0 saturated heterocycles. The highest BCUT2D eigenvalue weighted by Gasteiger charge is 2.23. The lowest BCUT2D eigenvalue weighted by atomic mass is 9.89. The molecule has 0 amide bonds. The number of aromatic amines is 1. The van der Waals surface area contributed by atoms with Crippen LogP contribution < -0.4 is 5.56 Å². The van der Waals surface area contributed by atoms with Crippen molar-refractivity contribution in [2.24, 2.45) is 13.0 Å². The highest BCUT2D eigenvalue weighted by molar-refractivity contribution is 7.71. The van der Waals surface area contributed by atoms with Crippen molar-refractivity contribution in [1.29, 1.82) is 0 Å². The average molecular weight is 361 g/mol. The monoisotopic (exact) mass is 360 g/mol. The standard InChI is InChI=1S/C17H20N4OS2/c1-9-4-5-12-13(6-9)24-15-14(12)16(22)21(17(23)19-15)8-11-7-18-20(3)10(11)2/h7,9H,4-6,8H2,1-3H3,(H,19,23)/t9-/m0/s1. The van der Waals surface area contributed by atoms with Gasteiger partial charge in [0.15, 0.2) is 4.77 Å². The van der Waals surface area contributed by atoms with Gasteiger partial charge in [0.2, 0.25) is 0 Å². The molecule has 1 aliphatic rings. The van der Waals surface area contributed by atoms with E-state index in [9.17, 15) is 4.79 Å². The van der Waals surface area contributed by atoms with Gasteiger partial charge in [0.25, 0.3) is 5.56 Å². The molecule has 0 aliphatic heterocycles. The van der Waals surface area contributed by atoms with Crippen LogP contribution in [0, 0.1) is 17.6 Å². The quantitative estimate of drug-likeness (QED) is 0.713. The minimum Gasteiger partial charge on any atom is -0.323 e. The molecule has 1 atom stereocenters. The summed E-state index contributed by atoms with van der Waals surface area (Å²) in [5, 5.41) is 5.11. The second-order valence-electron chi connectivity index (χ2n) is 6.76. The molecule has 0 bridgehead atoms. The molecule has 4 rings (SSSR count). The van der Waals surface area contributed by atoms with Crippen molar-refractivity contribution in [3.05, 3.63) is 43.0 Å². The maximum absolute atomic E-state index is 13.1. The van der Waals surface area contributed by atoms with Gasteiger partial charge in [0.1, 0.15) is 4.83 Å². The fraction of sp³-hybridized carbons (Fsp3) is 0.471. The van der Waals surface area contributed by atoms with Gasteiger partial charge in [0.05, 0.1) is 18.1 Å². The number of thiophene rings is 1. The van der Waals surface area contributed by atoms with Gasteiger partial charge in [-0.3, -0.25) is 14.0 Å². The van der Waals surface area contributed by atoms with E-state index >= 15 is 0 Å². The third kappa shape index (κ3) is 2.38. The summed E-state index contributed by atoms with van der Waals surface area (Å²) in [6, 6.07) is 0. The predicted molar refractivity (Wildman–Crippen MR) is 99.5 cm³/mol. The molecule has 3 aromatic rings. The molecule has 24 heavy (non-hydrogen) atoms. The molecule has 0 saturated carbocycles. The number of aryl methyl sites for hydroxylation is 2. The molecule has 0 radical (unpaired) electrons. The molecule has 3 heterocycles. The van der Waals surface area contributed by atoms with Crippen molar-refractivity contribution in [2.75, 3.05) is 0 Å². The lowest BCUT2D eigenvalue weighted by molar-refractivity contribution is 0.509. The Morgan fingerprint density at radius 3 is 3.00 bits per heavy atom. The summed E-state index contributed by atoms with van der Waals surface area (Å²) < 4.78 is 3.98. The first-order chi connectivity index (χ1) is 11.5. The molecule has 0 spiro atoms. The third-order valence-corrected chi connectivity index (χ3v) is 6.59. The van der Waals surface area contributed by atoms with Gasteiger partial charge in [-0.2, -0.15) is 5.10 Å². The summed E-state index contributed by atoms with van der Waals surface area (Å²) in [6.07, 6.45) is 5.01. The largest absolute Gasteiger partial charge is 0.323 e. The Morgan fingerprint density at radius 2 is 2.29 bits per heavy atom. The minimum atomic E-state index is 0.0315. The zero-order valence-corrected chi connectivity index (χ0v) is 15.7. The Hall–Kier alpha value is -1.73. The molecule has 1 N–H and O–H groups in total. The number of nitrogens with one attached hydrogen (secondary N) is 1. The third-order valence-electron chi connectivity index (χ3n) is 5.10. The first-order valence-electron chi connectivity index (χ1n) is 8.20. The van der Waals surface area contributed by atoms with E-state index in [1.54, 1.807) is 15.9 Å². The summed E-state index contributed by atoms with van der Waals surface area (Å²) in [6.45, 7) is 4.75. The fourth-order valence-corrected chi connectivity index (χ4v) is 5.19. The summed E-state index contributed by atoms with van der Waals surface area (Å²) in [5.74, 6) is 0.689. The van der Waals surface area contributed by atoms with E-state index in [0.29, 0.717) is 17.2 Å². The zero-order chi connectivity index (χ0) is 17.0. The smallest absolute Gasteiger partial charge is 0.263 e. The van der Waals surface area contributed by atoms with Gasteiger partial charge in [-0.25, -0.2) is 0 Å². The van der Waals surface area contributed by atoms with Crippen LogP contribution in [0.5, 0.6) is 0 Å². The number of nitrogens with zero attached hydrogens (tertiary/aromatic N) is 3. The summed E-state index contributed by atoms with van der Waals surface area (Å²) in [5.41, 5.74) is 3.35. The van der Waals surface area contributed by atoms with Crippen molar-refractivity contribution in [1.82, 2.24) is 19.3 Å². The molecule has 1 aliphatic carbocycles. The summed E-state index contributed by atoms with van der Waals surface area (Å²) in [4.78, 5) is 18.7. The van der Waals surface area contributed by atoms with E-state index in [2.05, 4.69) is 17.0 Å². The van der Waals surface area contributed by atoms with Crippen LogP contribution in [0.2, 0.25) is 0 Å². The van der Waals surface area contributed by atoms with Gasteiger partial charge in [-0.1, -0.05) is 6.92 Å². The number of rotatable bonds is 2. The Morgan fingerprint density at radius 1 is 1.50 bits per heavy atom. The fourth-order valence-electron chi connectivity index (χ4n) is 3.47. The van der Waals surface area contributed by atoms with Crippen LogP contribution >= 0.6 is 23.6 Å². The molecule has 0 aromatic carbocycles. The van der Waals surface area contributed by atoms with Crippen LogP contribution in [-0.4, -0.2) is 19.3 Å². The van der Waals surface area contributed by atoms with Crippen LogP contribution in [0.25, 0.3) is 10.2 Å². The van der Waals surface area contributed by atoms with Gasteiger partial charge in [-0.05, 0) is 49.9 Å². The van der Waals surface area contributed by atoms with E-state index in [4.69, 9.17) is 12.2 Å². The van der Waals surface area contributed by atoms with Crippen molar-refractivity contribution in [2.45, 2.75) is 39.7 Å². The van der Waals surface area contributed by atoms with E-state index in [1.165, 1.54) is 10.4 Å². The molecular formula is C17H20N4OS2. The molecule has 126 valence electrons. The number of H-pyrrole nitrogens is 1. The highest BCUT2D eigenvalue weighted by atomic mass is 32.1. The Bertz CT molecular complexity index is 1050. The number of hydrogen-bond donors (Lipinski definition) is 1. The van der Waals surface area contributed by atoms with Crippen LogP contribution in [-0.2, 0) is 26.4 Å². The van der Waals surface area contributed by atoms with Crippen LogP contribution in [0.15, 0.2) is 11.0 Å². The topological polar surface area (TPSA) is 55.6 Å². The van der Waals surface area contributed by atoms with E-state index in [0.717, 1.165) is 40.7 Å². The zero-order valence-electron chi connectivity index (χ0n) is 14.0. The molecule has 7 heteroatoms. The van der Waals surface area contributed by atoms with Crippen molar-refractivity contribution in [3.8, 4) is 0 Å². The molecular weight excluding hydrogens is 340 g/mol. The van der Waals surface area contributed by atoms with E-state index in [1.807, 2.05) is 24.9 Å². The Balaban J connectivity index is 1.89. The SMILES string of the molecule is Cc1c(Cn2c(=S)[nH]c3sc4c(c3c2=O)CC[C@H](C)C4)cnn1C. The molecule has 0 fully saturated rings. The normalized spacial score (nSPS) is 17.4. The van der Waals surface area contributed by atoms with Gasteiger partial charge >= 0.3 is 0 Å². The lowest BCUT2D eigenvalue weighted by Crippen LogP contribution is -2.23. The van der Waals surface area contributed by atoms with Crippen LogP contribution in [0.3, 0.4) is 0 Å². The van der Waals surface area contributed by atoms with E-state index < -0.39 is 0 Å². The lowest BCUT2D eigenvalue weighted by Gasteiger charge is -2.17. The second-order valence-corrected chi connectivity index (χ2v) is 8.25. The van der Waals surface area contributed by atoms with Gasteiger partial charge in [0, 0.05) is 23.2 Å². The molecule has 0 unspecified atom stereocenters. The second kappa shape index (κ2) is 5.67. The van der Waals surface area contributed by atoms with Crippen LogP contribution in [0.4, 0.5) is 0 Å². The van der Waals surface area contributed by atoms with Crippen molar-refractivity contribution < 1.29 is 0 Å². The number of aromatic nitrogens is 4. The summed E-state index contributed by atoms with van der Waals surface area (Å²) in [7, 11) is 1.90. The van der Waals surface area contributed by atoms with Gasteiger partial charge in [-0.15, -0.1) is 11.3 Å². The molecule has 3 aromatic heterocycles. The van der Waals surface area contributed by atoms with E-state index in [-0.39, 0.29) is 5.56 Å². The van der Waals surface area contributed by atoms with Gasteiger partial charge < -0.3 is 4.98 Å². The number of hydrogen-bond acceptors (Lipinski definition) is 4. The van der Waals surface area contributed by atoms with Crippen LogP contribution in [0.1, 0.15) is 35.0 Å². The minimum absolute atomic E-state index is 0.0315. The van der Waals surface area contributed by atoms with Crippen molar-refractivity contribution in [3.63, 3.8) is 0 Å². The molecule has 5 nitrogen and oxygen atoms in total. The highest BCUT2D eigenvalue weighted by Crippen LogP contribution is 2.35. The maximum Gasteiger partial charge on any atom is 0.263 e. The first kappa shape index (κ1) is 15.8. The predicted octanol–water partition coefficient (Wildman–Crippen LogP) is 3.34.